The third-order valence-electron chi connectivity index (χ3n) is 3.46. The zero-order valence-electron chi connectivity index (χ0n) is 10.5. The molecular weight excluding hydrogens is 271 g/mol. The van der Waals surface area contributed by atoms with Crippen LogP contribution in [0, 0.1) is 18.8 Å². The predicted molar refractivity (Wildman–Crippen MR) is 77.6 cm³/mol. The standard InChI is InChI=1S/C13H17ClN2O.ClH/c1-8(10-6-15-7-10)13(17)16-12-5-3-4-11(14)9(12)2;/h3-5,8,10,15H,6-7H2,1-2H3,(H,16,17);1H. The molecule has 1 fully saturated rings. The lowest BCUT2D eigenvalue weighted by Crippen LogP contribution is -2.48. The summed E-state index contributed by atoms with van der Waals surface area (Å²) in [5.74, 6) is 0.561. The highest BCUT2D eigenvalue weighted by molar-refractivity contribution is 6.31. The summed E-state index contributed by atoms with van der Waals surface area (Å²) in [6.07, 6.45) is 0. The molecule has 1 heterocycles. The molecule has 18 heavy (non-hydrogen) atoms. The molecule has 2 N–H and O–H groups in total. The highest BCUT2D eigenvalue weighted by Crippen LogP contribution is 2.24. The van der Waals surface area contributed by atoms with Crippen LogP contribution in [0.5, 0.6) is 0 Å². The maximum atomic E-state index is 12.0. The number of halogens is 2. The van der Waals surface area contributed by atoms with Gasteiger partial charge in [0.05, 0.1) is 0 Å². The first kappa shape index (κ1) is 15.3. The molecule has 1 aromatic rings. The summed E-state index contributed by atoms with van der Waals surface area (Å²) < 4.78 is 0. The molecule has 0 spiro atoms. The van der Waals surface area contributed by atoms with Crippen LogP contribution in [-0.2, 0) is 4.79 Å². The van der Waals surface area contributed by atoms with Gasteiger partial charge in [-0.15, -0.1) is 12.4 Å². The zero-order valence-corrected chi connectivity index (χ0v) is 12.1. The quantitative estimate of drug-likeness (QED) is 0.898. The molecule has 5 heteroatoms. The van der Waals surface area contributed by atoms with Crippen LogP contribution in [0.3, 0.4) is 0 Å². The fraction of sp³-hybridized carbons (Fsp3) is 0.462. The van der Waals surface area contributed by atoms with Crippen molar-refractivity contribution in [2.24, 2.45) is 11.8 Å². The van der Waals surface area contributed by atoms with Crippen molar-refractivity contribution >= 4 is 35.6 Å². The lowest BCUT2D eigenvalue weighted by atomic mass is 9.88. The van der Waals surface area contributed by atoms with Gasteiger partial charge in [0.25, 0.3) is 0 Å². The Balaban J connectivity index is 0.00000162. The molecule has 1 saturated heterocycles. The van der Waals surface area contributed by atoms with E-state index in [2.05, 4.69) is 10.6 Å². The second kappa shape index (κ2) is 6.41. The van der Waals surface area contributed by atoms with Gasteiger partial charge in [-0.1, -0.05) is 24.6 Å². The third kappa shape index (κ3) is 3.16. The average Bonchev–Trinajstić information content (AvgIpc) is 2.22. The van der Waals surface area contributed by atoms with Crippen molar-refractivity contribution in [3.8, 4) is 0 Å². The number of carbonyl (C=O) groups is 1. The van der Waals surface area contributed by atoms with Crippen molar-refractivity contribution in [1.29, 1.82) is 0 Å². The van der Waals surface area contributed by atoms with Crippen molar-refractivity contribution in [1.82, 2.24) is 5.32 Å². The maximum absolute atomic E-state index is 12.0. The second-order valence-corrected chi connectivity index (χ2v) is 5.02. The lowest BCUT2D eigenvalue weighted by molar-refractivity contribution is -0.121. The summed E-state index contributed by atoms with van der Waals surface area (Å²) in [4.78, 5) is 12.0. The highest BCUT2D eigenvalue weighted by atomic mass is 35.5. The van der Waals surface area contributed by atoms with Crippen LogP contribution in [0.25, 0.3) is 0 Å². The second-order valence-electron chi connectivity index (χ2n) is 4.61. The van der Waals surface area contributed by atoms with Gasteiger partial charge in [-0.25, -0.2) is 0 Å². The smallest absolute Gasteiger partial charge is 0.227 e. The first-order chi connectivity index (χ1) is 8.09. The molecule has 0 aliphatic carbocycles. The van der Waals surface area contributed by atoms with Gasteiger partial charge in [0.15, 0.2) is 0 Å². The Morgan fingerprint density at radius 3 is 2.72 bits per heavy atom. The minimum atomic E-state index is 0. The van der Waals surface area contributed by atoms with Crippen molar-refractivity contribution in [2.45, 2.75) is 13.8 Å². The predicted octanol–water partition coefficient (Wildman–Crippen LogP) is 2.86. The van der Waals surface area contributed by atoms with Crippen molar-refractivity contribution < 1.29 is 4.79 Å². The van der Waals surface area contributed by atoms with Crippen LogP contribution in [0.1, 0.15) is 12.5 Å². The summed E-state index contributed by atoms with van der Waals surface area (Å²) in [6, 6.07) is 5.55. The van der Waals surface area contributed by atoms with Gasteiger partial charge < -0.3 is 10.6 Å². The molecule has 1 aliphatic rings. The molecule has 0 radical (unpaired) electrons. The number of carbonyl (C=O) groups excluding carboxylic acids is 1. The van der Waals surface area contributed by atoms with Crippen LogP contribution in [0.15, 0.2) is 18.2 Å². The molecule has 100 valence electrons. The first-order valence-electron chi connectivity index (χ1n) is 5.86. The third-order valence-corrected chi connectivity index (χ3v) is 3.87. The molecule has 2 rings (SSSR count). The molecule has 0 bridgehead atoms. The normalized spacial score (nSPS) is 16.4. The van der Waals surface area contributed by atoms with E-state index in [9.17, 15) is 4.79 Å². The Hall–Kier alpha value is -0.770. The maximum Gasteiger partial charge on any atom is 0.227 e. The van der Waals surface area contributed by atoms with E-state index in [1.807, 2.05) is 32.0 Å². The fourth-order valence-electron chi connectivity index (χ4n) is 1.87. The number of hydrogen-bond donors (Lipinski definition) is 2. The van der Waals surface area contributed by atoms with E-state index in [0.717, 1.165) is 24.3 Å². The topological polar surface area (TPSA) is 41.1 Å². The van der Waals surface area contributed by atoms with E-state index in [0.29, 0.717) is 10.9 Å². The van der Waals surface area contributed by atoms with Crippen molar-refractivity contribution in [2.75, 3.05) is 18.4 Å². The van der Waals surface area contributed by atoms with Crippen LogP contribution in [0.4, 0.5) is 5.69 Å². The Morgan fingerprint density at radius 2 is 2.17 bits per heavy atom. The Kier molecular flexibility index (Phi) is 5.45. The fourth-order valence-corrected chi connectivity index (χ4v) is 2.04. The number of nitrogens with one attached hydrogen (secondary N) is 2. The molecule has 0 aromatic heterocycles. The molecule has 1 amide bonds. The Morgan fingerprint density at radius 1 is 1.50 bits per heavy atom. The summed E-state index contributed by atoms with van der Waals surface area (Å²) in [5, 5.41) is 6.81. The Bertz CT molecular complexity index is 433. The molecule has 1 unspecified atom stereocenters. The summed E-state index contributed by atoms with van der Waals surface area (Å²) in [6.45, 7) is 5.75. The summed E-state index contributed by atoms with van der Waals surface area (Å²) >= 11 is 6.02. The molecule has 3 nitrogen and oxygen atoms in total. The highest BCUT2D eigenvalue weighted by Gasteiger charge is 2.28. The number of amides is 1. The number of anilines is 1. The molecule has 1 atom stereocenters. The van der Waals surface area contributed by atoms with E-state index >= 15 is 0 Å². The molecular formula is C13H18Cl2N2O. The van der Waals surface area contributed by atoms with Crippen molar-refractivity contribution in [3.05, 3.63) is 28.8 Å². The summed E-state index contributed by atoms with van der Waals surface area (Å²) in [7, 11) is 0. The Labute approximate surface area is 119 Å². The van der Waals surface area contributed by atoms with Gasteiger partial charge >= 0.3 is 0 Å². The van der Waals surface area contributed by atoms with Crippen LogP contribution >= 0.6 is 24.0 Å². The minimum Gasteiger partial charge on any atom is -0.326 e. The van der Waals surface area contributed by atoms with E-state index in [1.54, 1.807) is 0 Å². The number of rotatable bonds is 3. The van der Waals surface area contributed by atoms with Crippen LogP contribution < -0.4 is 10.6 Å². The molecule has 1 aromatic carbocycles. The van der Waals surface area contributed by atoms with Gasteiger partial charge in [-0.3, -0.25) is 4.79 Å². The lowest BCUT2D eigenvalue weighted by Gasteiger charge is -2.31. The van der Waals surface area contributed by atoms with Gasteiger partial charge in [-0.2, -0.15) is 0 Å². The van der Waals surface area contributed by atoms with Gasteiger partial charge in [0.2, 0.25) is 5.91 Å². The van der Waals surface area contributed by atoms with E-state index in [1.165, 1.54) is 0 Å². The van der Waals surface area contributed by atoms with E-state index < -0.39 is 0 Å². The minimum absolute atomic E-state index is 0. The molecule has 1 aliphatic heterocycles. The van der Waals surface area contributed by atoms with Crippen LogP contribution in [0.2, 0.25) is 5.02 Å². The monoisotopic (exact) mass is 288 g/mol. The average molecular weight is 289 g/mol. The van der Waals surface area contributed by atoms with Gasteiger partial charge in [-0.05, 0) is 43.6 Å². The SMILES string of the molecule is Cc1c(Cl)cccc1NC(=O)C(C)C1CNC1.Cl. The number of benzene rings is 1. The van der Waals surface area contributed by atoms with Crippen molar-refractivity contribution in [3.63, 3.8) is 0 Å². The zero-order chi connectivity index (χ0) is 12.4. The summed E-state index contributed by atoms with van der Waals surface area (Å²) in [5.41, 5.74) is 1.73. The first-order valence-corrected chi connectivity index (χ1v) is 6.24. The number of hydrogen-bond acceptors (Lipinski definition) is 2. The largest absolute Gasteiger partial charge is 0.326 e. The van der Waals surface area contributed by atoms with E-state index in [4.69, 9.17) is 11.6 Å². The van der Waals surface area contributed by atoms with E-state index in [-0.39, 0.29) is 24.2 Å². The van der Waals surface area contributed by atoms with Crippen LogP contribution in [-0.4, -0.2) is 19.0 Å². The van der Waals surface area contributed by atoms with Gasteiger partial charge in [0, 0.05) is 16.6 Å². The van der Waals surface area contributed by atoms with Gasteiger partial charge in [0.1, 0.15) is 0 Å². The molecule has 0 saturated carbocycles.